The van der Waals surface area contributed by atoms with Gasteiger partial charge in [-0.2, -0.15) is 0 Å². The van der Waals surface area contributed by atoms with Gasteiger partial charge < -0.3 is 19.3 Å². The molecule has 1 aromatic carbocycles. The van der Waals surface area contributed by atoms with Crippen molar-refractivity contribution in [3.63, 3.8) is 0 Å². The Hall–Kier alpha value is -1.69. The maximum Gasteiger partial charge on any atom is 0.338 e. The van der Waals surface area contributed by atoms with Crippen LogP contribution in [0.5, 0.6) is 0 Å². The quantitative estimate of drug-likeness (QED) is 0.583. The SMILES string of the molecule is C[C@H]1C2=C[C@H](C(C)(C)O)C[C@H](OC(=O)c3ccccc3)[C@]2(C)C[C@@H]2OC(C)(C)O[C@@H]21. The summed E-state index contributed by atoms with van der Waals surface area (Å²) in [5.41, 5.74) is 0.472. The predicted molar refractivity (Wildman–Crippen MR) is 114 cm³/mol. The molecule has 5 nitrogen and oxygen atoms in total. The van der Waals surface area contributed by atoms with Crippen molar-refractivity contribution in [1.29, 1.82) is 0 Å². The van der Waals surface area contributed by atoms with Crippen LogP contribution in [0.15, 0.2) is 42.0 Å². The van der Waals surface area contributed by atoms with Crippen molar-refractivity contribution in [2.45, 2.75) is 84.1 Å². The maximum absolute atomic E-state index is 12.9. The first-order chi connectivity index (χ1) is 13.9. The molecule has 0 unspecified atom stereocenters. The van der Waals surface area contributed by atoms with Gasteiger partial charge in [0.15, 0.2) is 5.79 Å². The minimum atomic E-state index is -0.908. The zero-order valence-corrected chi connectivity index (χ0v) is 18.8. The molecule has 4 rings (SSSR count). The van der Waals surface area contributed by atoms with Gasteiger partial charge >= 0.3 is 5.97 Å². The Morgan fingerprint density at radius 1 is 1.17 bits per heavy atom. The van der Waals surface area contributed by atoms with E-state index in [0.717, 1.165) is 6.42 Å². The Kier molecular flexibility index (Phi) is 5.16. The molecule has 0 bridgehead atoms. The Labute approximate surface area is 179 Å². The number of carbonyl (C=O) groups excluding carboxylic acids is 1. The molecule has 1 N–H and O–H groups in total. The first kappa shape index (κ1) is 21.5. The summed E-state index contributed by atoms with van der Waals surface area (Å²) in [5, 5.41) is 10.8. The molecule has 6 atom stereocenters. The van der Waals surface area contributed by atoms with Crippen LogP contribution in [0, 0.1) is 17.3 Å². The molecule has 5 heteroatoms. The van der Waals surface area contributed by atoms with Crippen molar-refractivity contribution in [3.05, 3.63) is 47.5 Å². The van der Waals surface area contributed by atoms with Crippen LogP contribution >= 0.6 is 0 Å². The fourth-order valence-corrected chi connectivity index (χ4v) is 5.55. The summed E-state index contributed by atoms with van der Waals surface area (Å²) in [6.07, 6.45) is 3.08. The molecule has 1 saturated heterocycles. The van der Waals surface area contributed by atoms with Crippen LogP contribution in [0.1, 0.15) is 64.7 Å². The van der Waals surface area contributed by atoms with E-state index in [0.29, 0.717) is 12.0 Å². The van der Waals surface area contributed by atoms with Gasteiger partial charge in [-0.3, -0.25) is 0 Å². The lowest BCUT2D eigenvalue weighted by Crippen LogP contribution is -2.54. The number of rotatable bonds is 3. The lowest BCUT2D eigenvalue weighted by molar-refractivity contribution is -0.148. The minimum Gasteiger partial charge on any atom is -0.458 e. The highest BCUT2D eigenvalue weighted by Crippen LogP contribution is 2.56. The van der Waals surface area contributed by atoms with Crippen molar-refractivity contribution in [2.75, 3.05) is 0 Å². The fourth-order valence-electron chi connectivity index (χ4n) is 5.55. The lowest BCUT2D eigenvalue weighted by Gasteiger charge is -2.52. The summed E-state index contributed by atoms with van der Waals surface area (Å²) in [5.74, 6) is -0.946. The molecule has 0 aromatic heterocycles. The van der Waals surface area contributed by atoms with Crippen molar-refractivity contribution < 1.29 is 24.1 Å². The molecule has 164 valence electrons. The summed E-state index contributed by atoms with van der Waals surface area (Å²) in [4.78, 5) is 12.9. The number of esters is 1. The van der Waals surface area contributed by atoms with Gasteiger partial charge in [0.05, 0.1) is 23.4 Å². The van der Waals surface area contributed by atoms with Gasteiger partial charge in [-0.05, 0) is 52.7 Å². The van der Waals surface area contributed by atoms with E-state index in [1.54, 1.807) is 12.1 Å². The van der Waals surface area contributed by atoms with Gasteiger partial charge in [-0.15, -0.1) is 0 Å². The molecular formula is C25H34O5. The number of hydrogen-bond donors (Lipinski definition) is 1. The average Bonchev–Trinajstić information content (AvgIpc) is 2.96. The summed E-state index contributed by atoms with van der Waals surface area (Å²) in [7, 11) is 0. The number of hydrogen-bond acceptors (Lipinski definition) is 5. The van der Waals surface area contributed by atoms with E-state index >= 15 is 0 Å². The normalized spacial score (nSPS) is 37.7. The van der Waals surface area contributed by atoms with Crippen LogP contribution in [-0.2, 0) is 14.2 Å². The monoisotopic (exact) mass is 414 g/mol. The molecule has 1 saturated carbocycles. The second kappa shape index (κ2) is 7.18. The first-order valence-electron chi connectivity index (χ1n) is 11.0. The summed E-state index contributed by atoms with van der Waals surface area (Å²) in [6.45, 7) is 11.9. The molecule has 0 spiro atoms. The van der Waals surface area contributed by atoms with E-state index in [2.05, 4.69) is 19.9 Å². The van der Waals surface area contributed by atoms with Crippen LogP contribution in [-0.4, -0.2) is 40.8 Å². The standard InChI is InChI=1S/C25H34O5/c1-15-18-12-17(23(2,3)27)13-20(28-22(26)16-10-8-7-9-11-16)25(18,6)14-19-21(15)30-24(4,5)29-19/h7-12,15,17,19-21,27H,13-14H2,1-6H3/t15-,17-,19-,20-,21+,25+/m0/s1. The van der Waals surface area contributed by atoms with Gasteiger partial charge in [0, 0.05) is 17.3 Å². The number of ether oxygens (including phenoxy) is 3. The highest BCUT2D eigenvalue weighted by atomic mass is 16.8. The summed E-state index contributed by atoms with van der Waals surface area (Å²) < 4.78 is 18.6. The van der Waals surface area contributed by atoms with Crippen molar-refractivity contribution >= 4 is 5.97 Å². The molecule has 1 heterocycles. The van der Waals surface area contributed by atoms with Gasteiger partial charge in [-0.25, -0.2) is 4.79 Å². The minimum absolute atomic E-state index is 0.0367. The first-order valence-corrected chi connectivity index (χ1v) is 11.0. The molecule has 1 aromatic rings. The summed E-state index contributed by atoms with van der Waals surface area (Å²) in [6, 6.07) is 9.10. The van der Waals surface area contributed by atoms with Crippen LogP contribution in [0.4, 0.5) is 0 Å². The van der Waals surface area contributed by atoms with Crippen LogP contribution in [0.2, 0.25) is 0 Å². The number of benzene rings is 1. The van der Waals surface area contributed by atoms with Crippen molar-refractivity contribution in [3.8, 4) is 0 Å². The summed E-state index contributed by atoms with van der Waals surface area (Å²) >= 11 is 0. The van der Waals surface area contributed by atoms with Gasteiger partial charge in [-0.1, -0.05) is 43.7 Å². The third-order valence-corrected chi connectivity index (χ3v) is 7.22. The molecule has 2 aliphatic carbocycles. The smallest absolute Gasteiger partial charge is 0.338 e. The number of fused-ring (bicyclic) bond motifs is 2. The molecule has 0 radical (unpaired) electrons. The molecule has 3 aliphatic rings. The van der Waals surface area contributed by atoms with E-state index in [4.69, 9.17) is 14.2 Å². The van der Waals surface area contributed by atoms with Gasteiger partial charge in [0.25, 0.3) is 0 Å². The van der Waals surface area contributed by atoms with E-state index < -0.39 is 11.4 Å². The van der Waals surface area contributed by atoms with Crippen molar-refractivity contribution in [1.82, 2.24) is 0 Å². The van der Waals surface area contributed by atoms with E-state index in [1.807, 2.05) is 45.9 Å². The largest absolute Gasteiger partial charge is 0.458 e. The maximum atomic E-state index is 12.9. The third-order valence-electron chi connectivity index (χ3n) is 7.22. The molecular weight excluding hydrogens is 380 g/mol. The second-order valence-corrected chi connectivity index (χ2v) is 10.4. The number of carbonyl (C=O) groups is 1. The van der Waals surface area contributed by atoms with Crippen LogP contribution < -0.4 is 0 Å². The molecule has 1 aliphatic heterocycles. The zero-order chi connectivity index (χ0) is 21.9. The van der Waals surface area contributed by atoms with Gasteiger partial charge in [0.1, 0.15) is 6.10 Å². The molecule has 0 amide bonds. The van der Waals surface area contributed by atoms with Crippen LogP contribution in [0.25, 0.3) is 0 Å². The highest BCUT2D eigenvalue weighted by molar-refractivity contribution is 5.89. The Bertz CT molecular complexity index is 837. The highest BCUT2D eigenvalue weighted by Gasteiger charge is 2.58. The second-order valence-electron chi connectivity index (χ2n) is 10.4. The van der Waals surface area contributed by atoms with Crippen LogP contribution in [0.3, 0.4) is 0 Å². The third kappa shape index (κ3) is 3.72. The Balaban J connectivity index is 1.70. The Morgan fingerprint density at radius 2 is 1.83 bits per heavy atom. The van der Waals surface area contributed by atoms with E-state index in [1.165, 1.54) is 5.57 Å². The topological polar surface area (TPSA) is 65.0 Å². The fraction of sp³-hybridized carbons (Fsp3) is 0.640. The average molecular weight is 415 g/mol. The van der Waals surface area contributed by atoms with E-state index in [9.17, 15) is 9.90 Å². The van der Waals surface area contributed by atoms with Crippen molar-refractivity contribution in [2.24, 2.45) is 17.3 Å². The Morgan fingerprint density at radius 3 is 2.47 bits per heavy atom. The lowest BCUT2D eigenvalue weighted by atomic mass is 9.57. The molecule has 2 fully saturated rings. The van der Waals surface area contributed by atoms with E-state index in [-0.39, 0.29) is 41.5 Å². The predicted octanol–water partition coefficient (Wildman–Crippen LogP) is 4.50. The van der Waals surface area contributed by atoms with Gasteiger partial charge in [0.2, 0.25) is 0 Å². The zero-order valence-electron chi connectivity index (χ0n) is 18.8. The number of aliphatic hydroxyl groups is 1. The molecule has 30 heavy (non-hydrogen) atoms.